The van der Waals surface area contributed by atoms with Crippen LogP contribution < -0.4 is 19.6 Å². The van der Waals surface area contributed by atoms with Crippen LogP contribution in [0.5, 0.6) is 11.5 Å². The van der Waals surface area contributed by atoms with E-state index in [-0.39, 0.29) is 10.8 Å². The molecule has 1 amide bonds. The molecule has 3 aromatic carbocycles. The van der Waals surface area contributed by atoms with Gasteiger partial charge in [-0.2, -0.15) is 9.82 Å². The zero-order chi connectivity index (χ0) is 27.7. The van der Waals surface area contributed by atoms with Crippen molar-refractivity contribution in [1.29, 1.82) is 0 Å². The molecule has 8 nitrogen and oxygen atoms in total. The fourth-order valence-electron chi connectivity index (χ4n) is 3.59. The smallest absolute Gasteiger partial charge is 0.258 e. The van der Waals surface area contributed by atoms with Crippen LogP contribution in [-0.2, 0) is 21.4 Å². The molecule has 10 heteroatoms. The molecular weight excluding hydrogens is 617 g/mol. The van der Waals surface area contributed by atoms with E-state index in [1.54, 1.807) is 25.3 Å². The molecule has 0 radical (unpaired) electrons. The van der Waals surface area contributed by atoms with E-state index in [1.807, 2.05) is 57.2 Å². The van der Waals surface area contributed by atoms with Crippen LogP contribution >= 0.6 is 22.6 Å². The van der Waals surface area contributed by atoms with Gasteiger partial charge in [-0.05, 0) is 77.2 Å². The van der Waals surface area contributed by atoms with Crippen LogP contribution in [0, 0.1) is 16.4 Å². The SMILES string of the molecule is COc1cc(/C=N\NC(=O)[C@H](CC(C)C)NS(=O)(=O)c2ccc(C)cc2)cc(I)c1OCc1ccccc1. The second kappa shape index (κ2) is 13.7. The fraction of sp³-hybridized carbons (Fsp3) is 0.286. The van der Waals surface area contributed by atoms with Crippen LogP contribution in [0.2, 0.25) is 0 Å². The number of hydrazone groups is 1. The fourth-order valence-corrected chi connectivity index (χ4v) is 5.57. The van der Waals surface area contributed by atoms with Gasteiger partial charge in [0, 0.05) is 0 Å². The summed E-state index contributed by atoms with van der Waals surface area (Å²) in [7, 11) is -2.33. The van der Waals surface area contributed by atoms with E-state index in [9.17, 15) is 13.2 Å². The average Bonchev–Trinajstić information content (AvgIpc) is 2.87. The van der Waals surface area contributed by atoms with Crippen LogP contribution in [0.25, 0.3) is 0 Å². The first-order valence-electron chi connectivity index (χ1n) is 12.0. The minimum Gasteiger partial charge on any atom is -0.493 e. The van der Waals surface area contributed by atoms with E-state index in [0.29, 0.717) is 30.1 Å². The predicted octanol–water partition coefficient (Wildman–Crippen LogP) is 5.03. The standard InChI is InChI=1S/C28H32IN3O5S/c1-19(2)14-25(32-38(34,35)23-12-10-20(3)11-13-23)28(33)31-30-17-22-15-24(29)27(26(16-22)36-4)37-18-21-8-6-5-7-9-21/h5-13,15-17,19,25,32H,14,18H2,1-4H3,(H,31,33)/b30-17-/t25-/m0/s1. The molecule has 0 saturated carbocycles. The van der Waals surface area contributed by atoms with Gasteiger partial charge in [0.25, 0.3) is 5.91 Å². The quantitative estimate of drug-likeness (QED) is 0.163. The van der Waals surface area contributed by atoms with Crippen molar-refractivity contribution in [3.63, 3.8) is 0 Å². The number of benzene rings is 3. The molecule has 2 N–H and O–H groups in total. The van der Waals surface area contributed by atoms with Crippen LogP contribution in [-0.4, -0.2) is 33.7 Å². The van der Waals surface area contributed by atoms with Gasteiger partial charge >= 0.3 is 0 Å². The molecular formula is C28H32IN3O5S. The molecule has 202 valence electrons. The number of rotatable bonds is 12. The Morgan fingerprint density at radius 2 is 1.76 bits per heavy atom. The molecule has 1 atom stereocenters. The van der Waals surface area contributed by atoms with E-state index in [0.717, 1.165) is 14.7 Å². The van der Waals surface area contributed by atoms with Gasteiger partial charge in [-0.3, -0.25) is 4.79 Å². The number of nitrogens with zero attached hydrogens (tertiary/aromatic N) is 1. The summed E-state index contributed by atoms with van der Waals surface area (Å²) >= 11 is 2.16. The Labute approximate surface area is 238 Å². The van der Waals surface area contributed by atoms with Crippen LogP contribution in [0.3, 0.4) is 0 Å². The Kier molecular flexibility index (Phi) is 10.7. The molecule has 0 saturated heterocycles. The summed E-state index contributed by atoms with van der Waals surface area (Å²) in [5, 5.41) is 4.06. The van der Waals surface area contributed by atoms with Crippen molar-refractivity contribution in [1.82, 2.24) is 10.1 Å². The number of hydrogen-bond donors (Lipinski definition) is 2. The first-order valence-corrected chi connectivity index (χ1v) is 14.6. The predicted molar refractivity (Wildman–Crippen MR) is 157 cm³/mol. The summed E-state index contributed by atoms with van der Waals surface area (Å²) < 4.78 is 40.6. The van der Waals surface area contributed by atoms with Gasteiger partial charge in [0.1, 0.15) is 12.6 Å². The number of amides is 1. The van der Waals surface area contributed by atoms with Crippen LogP contribution in [0.1, 0.15) is 37.0 Å². The summed E-state index contributed by atoms with van der Waals surface area (Å²) in [5.41, 5.74) is 5.12. The number of carbonyl (C=O) groups excluding carboxylic acids is 1. The molecule has 0 aliphatic carbocycles. The van der Waals surface area contributed by atoms with Crippen molar-refractivity contribution in [2.75, 3.05) is 7.11 Å². The topological polar surface area (TPSA) is 106 Å². The van der Waals surface area contributed by atoms with E-state index in [2.05, 4.69) is 37.8 Å². The summed E-state index contributed by atoms with van der Waals surface area (Å²) in [6.45, 7) is 6.10. The highest BCUT2D eigenvalue weighted by atomic mass is 127. The number of aryl methyl sites for hydroxylation is 1. The van der Waals surface area contributed by atoms with Gasteiger partial charge in [0.15, 0.2) is 11.5 Å². The Morgan fingerprint density at radius 1 is 1.08 bits per heavy atom. The second-order valence-corrected chi connectivity index (χ2v) is 12.0. The lowest BCUT2D eigenvalue weighted by Crippen LogP contribution is -2.46. The number of carbonyl (C=O) groups is 1. The van der Waals surface area contributed by atoms with Crippen LogP contribution in [0.15, 0.2) is 76.7 Å². The normalized spacial score (nSPS) is 12.5. The summed E-state index contributed by atoms with van der Waals surface area (Å²) in [6, 6.07) is 18.9. The molecule has 0 unspecified atom stereocenters. The largest absolute Gasteiger partial charge is 0.493 e. The molecule has 0 fully saturated rings. The monoisotopic (exact) mass is 649 g/mol. The summed E-state index contributed by atoms with van der Waals surface area (Å²) in [6.07, 6.45) is 1.79. The molecule has 3 aromatic rings. The minimum atomic E-state index is -3.88. The third kappa shape index (κ3) is 8.53. The lowest BCUT2D eigenvalue weighted by molar-refractivity contribution is -0.123. The van der Waals surface area contributed by atoms with E-state index >= 15 is 0 Å². The van der Waals surface area contributed by atoms with Gasteiger partial charge in [-0.1, -0.05) is 61.9 Å². The highest BCUT2D eigenvalue weighted by Gasteiger charge is 2.26. The van der Waals surface area contributed by atoms with E-state index < -0.39 is 22.0 Å². The van der Waals surface area contributed by atoms with Gasteiger partial charge in [-0.25, -0.2) is 13.8 Å². The van der Waals surface area contributed by atoms with Crippen molar-refractivity contribution in [2.45, 2.75) is 44.7 Å². The number of sulfonamides is 1. The molecule has 0 spiro atoms. The molecule has 0 aliphatic rings. The zero-order valence-corrected chi connectivity index (χ0v) is 24.7. The van der Waals surface area contributed by atoms with Crippen molar-refractivity contribution in [3.05, 3.63) is 87.0 Å². The first-order chi connectivity index (χ1) is 18.1. The average molecular weight is 650 g/mol. The van der Waals surface area contributed by atoms with E-state index in [4.69, 9.17) is 9.47 Å². The van der Waals surface area contributed by atoms with E-state index in [1.165, 1.54) is 18.3 Å². The second-order valence-electron chi connectivity index (χ2n) is 9.16. The lowest BCUT2D eigenvalue weighted by atomic mass is 10.0. The number of nitrogens with one attached hydrogen (secondary N) is 2. The summed E-state index contributed by atoms with van der Waals surface area (Å²) in [5.74, 6) is 0.671. The zero-order valence-electron chi connectivity index (χ0n) is 21.8. The van der Waals surface area contributed by atoms with Crippen molar-refractivity contribution in [3.8, 4) is 11.5 Å². The van der Waals surface area contributed by atoms with Gasteiger partial charge < -0.3 is 9.47 Å². The van der Waals surface area contributed by atoms with Crippen molar-refractivity contribution < 1.29 is 22.7 Å². The minimum absolute atomic E-state index is 0.0738. The van der Waals surface area contributed by atoms with Gasteiger partial charge in [0.05, 0.1) is 21.8 Å². The van der Waals surface area contributed by atoms with Gasteiger partial charge in [0.2, 0.25) is 10.0 Å². The number of halogens is 1. The third-order valence-corrected chi connectivity index (χ3v) is 7.81. The van der Waals surface area contributed by atoms with Crippen molar-refractivity contribution in [2.24, 2.45) is 11.0 Å². The number of ether oxygens (including phenoxy) is 2. The number of hydrogen-bond acceptors (Lipinski definition) is 6. The molecule has 3 rings (SSSR count). The number of methoxy groups -OCH3 is 1. The lowest BCUT2D eigenvalue weighted by Gasteiger charge is -2.19. The van der Waals surface area contributed by atoms with Crippen molar-refractivity contribution >= 4 is 44.7 Å². The molecule has 38 heavy (non-hydrogen) atoms. The third-order valence-electron chi connectivity index (χ3n) is 5.52. The maximum atomic E-state index is 12.9. The Bertz CT molecular complexity index is 1360. The molecule has 0 aliphatic heterocycles. The maximum absolute atomic E-state index is 12.9. The molecule has 0 aromatic heterocycles. The Morgan fingerprint density at radius 3 is 2.39 bits per heavy atom. The van der Waals surface area contributed by atoms with Gasteiger partial charge in [-0.15, -0.1) is 0 Å². The highest BCUT2D eigenvalue weighted by molar-refractivity contribution is 14.1. The Balaban J connectivity index is 1.70. The summed E-state index contributed by atoms with van der Waals surface area (Å²) in [4.78, 5) is 13.0. The first kappa shape index (κ1) is 29.6. The Hall–Kier alpha value is -2.96. The van der Waals surface area contributed by atoms with Crippen LogP contribution in [0.4, 0.5) is 0 Å². The maximum Gasteiger partial charge on any atom is 0.258 e. The highest BCUT2D eigenvalue weighted by Crippen LogP contribution is 2.34. The molecule has 0 heterocycles. The molecule has 0 bridgehead atoms.